The standard InChI is InChI=1S/C24H40N4O2/c1-2-25-24(26-12-6-15-29-19-23-11-16-30-20-23)27-17-22-10-14-28(18-22)13-9-21-7-4-3-5-8-21/h3-5,7-8,22-23H,2,6,9-20H2,1H3,(H2,25,26,27). The molecule has 0 aromatic heterocycles. The predicted molar refractivity (Wildman–Crippen MR) is 123 cm³/mol. The maximum Gasteiger partial charge on any atom is 0.191 e. The van der Waals surface area contributed by atoms with E-state index in [1.54, 1.807) is 0 Å². The molecule has 2 fully saturated rings. The third-order valence-electron chi connectivity index (χ3n) is 5.92. The molecule has 0 spiro atoms. The lowest BCUT2D eigenvalue weighted by Crippen LogP contribution is -2.38. The van der Waals surface area contributed by atoms with Crippen LogP contribution in [0.25, 0.3) is 0 Å². The van der Waals surface area contributed by atoms with Crippen LogP contribution < -0.4 is 10.6 Å². The highest BCUT2D eigenvalue weighted by Crippen LogP contribution is 2.17. The summed E-state index contributed by atoms with van der Waals surface area (Å²) in [5.74, 6) is 2.19. The summed E-state index contributed by atoms with van der Waals surface area (Å²) < 4.78 is 11.2. The zero-order chi connectivity index (χ0) is 20.9. The summed E-state index contributed by atoms with van der Waals surface area (Å²) in [6, 6.07) is 10.8. The van der Waals surface area contributed by atoms with E-state index in [-0.39, 0.29) is 0 Å². The highest BCUT2D eigenvalue weighted by molar-refractivity contribution is 5.79. The maximum atomic E-state index is 5.78. The Morgan fingerprint density at radius 1 is 1.20 bits per heavy atom. The second-order valence-corrected chi connectivity index (χ2v) is 8.50. The molecule has 2 saturated heterocycles. The molecule has 2 atom stereocenters. The molecule has 168 valence electrons. The van der Waals surface area contributed by atoms with Crippen LogP contribution in [0.2, 0.25) is 0 Å². The minimum Gasteiger partial charge on any atom is -0.381 e. The summed E-state index contributed by atoms with van der Waals surface area (Å²) in [6.07, 6.45) is 4.52. The first-order valence-electron chi connectivity index (χ1n) is 11.8. The van der Waals surface area contributed by atoms with Gasteiger partial charge < -0.3 is 25.0 Å². The molecule has 6 nitrogen and oxygen atoms in total. The Morgan fingerprint density at radius 2 is 2.10 bits per heavy atom. The van der Waals surface area contributed by atoms with Crippen molar-refractivity contribution in [2.24, 2.45) is 16.8 Å². The molecule has 2 heterocycles. The van der Waals surface area contributed by atoms with Crippen LogP contribution in [0.1, 0.15) is 31.7 Å². The van der Waals surface area contributed by atoms with Gasteiger partial charge in [-0.25, -0.2) is 0 Å². The topological polar surface area (TPSA) is 58.1 Å². The molecule has 2 unspecified atom stereocenters. The number of ether oxygens (including phenoxy) is 2. The molecular formula is C24H40N4O2. The van der Waals surface area contributed by atoms with Crippen molar-refractivity contribution in [3.63, 3.8) is 0 Å². The predicted octanol–water partition coefficient (Wildman–Crippen LogP) is 2.55. The minimum atomic E-state index is 0.593. The molecule has 0 amide bonds. The smallest absolute Gasteiger partial charge is 0.191 e. The van der Waals surface area contributed by atoms with Crippen molar-refractivity contribution in [3.8, 4) is 0 Å². The van der Waals surface area contributed by atoms with Gasteiger partial charge in [-0.15, -0.1) is 0 Å². The number of nitrogens with one attached hydrogen (secondary N) is 2. The highest BCUT2D eigenvalue weighted by Gasteiger charge is 2.22. The zero-order valence-corrected chi connectivity index (χ0v) is 18.7. The fourth-order valence-corrected chi connectivity index (χ4v) is 4.10. The average molecular weight is 417 g/mol. The van der Waals surface area contributed by atoms with Gasteiger partial charge in [0, 0.05) is 51.9 Å². The van der Waals surface area contributed by atoms with E-state index in [0.29, 0.717) is 11.8 Å². The van der Waals surface area contributed by atoms with Crippen LogP contribution in [0.15, 0.2) is 35.3 Å². The van der Waals surface area contributed by atoms with Gasteiger partial charge in [0.15, 0.2) is 5.96 Å². The van der Waals surface area contributed by atoms with Crippen LogP contribution in [0.3, 0.4) is 0 Å². The zero-order valence-electron chi connectivity index (χ0n) is 18.7. The molecule has 1 aromatic carbocycles. The van der Waals surface area contributed by atoms with E-state index in [1.165, 1.54) is 18.5 Å². The van der Waals surface area contributed by atoms with Gasteiger partial charge in [0.25, 0.3) is 0 Å². The number of likely N-dealkylation sites (tertiary alicyclic amines) is 1. The normalized spacial score (nSPS) is 22.5. The Labute approximate surface area is 182 Å². The summed E-state index contributed by atoms with van der Waals surface area (Å²) in [7, 11) is 0. The average Bonchev–Trinajstić information content (AvgIpc) is 3.45. The molecule has 0 radical (unpaired) electrons. The fraction of sp³-hybridized carbons (Fsp3) is 0.708. The van der Waals surface area contributed by atoms with Gasteiger partial charge in [-0.1, -0.05) is 30.3 Å². The number of rotatable bonds is 12. The summed E-state index contributed by atoms with van der Waals surface area (Å²) in [6.45, 7) is 11.7. The van der Waals surface area contributed by atoms with E-state index in [2.05, 4.69) is 52.8 Å². The number of guanidine groups is 1. The third kappa shape index (κ3) is 8.62. The third-order valence-corrected chi connectivity index (χ3v) is 5.92. The van der Waals surface area contributed by atoms with E-state index < -0.39 is 0 Å². The molecule has 6 heteroatoms. The van der Waals surface area contributed by atoms with Crippen molar-refractivity contribution in [1.29, 1.82) is 0 Å². The van der Waals surface area contributed by atoms with E-state index >= 15 is 0 Å². The lowest BCUT2D eigenvalue weighted by Gasteiger charge is -2.16. The number of benzene rings is 1. The molecule has 30 heavy (non-hydrogen) atoms. The van der Waals surface area contributed by atoms with Crippen molar-refractivity contribution in [2.75, 3.05) is 65.7 Å². The Morgan fingerprint density at radius 3 is 2.90 bits per heavy atom. The number of hydrogen-bond donors (Lipinski definition) is 2. The van der Waals surface area contributed by atoms with Crippen molar-refractivity contribution in [3.05, 3.63) is 35.9 Å². The van der Waals surface area contributed by atoms with Gasteiger partial charge in [0.2, 0.25) is 0 Å². The van der Waals surface area contributed by atoms with Crippen molar-refractivity contribution in [1.82, 2.24) is 15.5 Å². The van der Waals surface area contributed by atoms with Gasteiger partial charge in [0.1, 0.15) is 0 Å². The Balaban J connectivity index is 1.28. The Bertz CT molecular complexity index is 604. The largest absolute Gasteiger partial charge is 0.381 e. The SMILES string of the molecule is CCNC(=NCC1CCN(CCc2ccccc2)C1)NCCCOCC1CCOC1. The first-order valence-corrected chi connectivity index (χ1v) is 11.8. The molecular weight excluding hydrogens is 376 g/mol. The van der Waals surface area contributed by atoms with E-state index in [0.717, 1.165) is 84.4 Å². The van der Waals surface area contributed by atoms with Crippen molar-refractivity contribution < 1.29 is 9.47 Å². The fourth-order valence-electron chi connectivity index (χ4n) is 4.10. The molecule has 1 aromatic rings. The van der Waals surface area contributed by atoms with Crippen LogP contribution in [-0.2, 0) is 15.9 Å². The second-order valence-electron chi connectivity index (χ2n) is 8.50. The van der Waals surface area contributed by atoms with Gasteiger partial charge in [-0.05, 0) is 50.6 Å². The van der Waals surface area contributed by atoms with E-state index in [4.69, 9.17) is 14.5 Å². The summed E-state index contributed by atoms with van der Waals surface area (Å²) in [4.78, 5) is 7.42. The monoisotopic (exact) mass is 416 g/mol. The first-order chi connectivity index (χ1) is 14.8. The second kappa shape index (κ2) is 13.6. The van der Waals surface area contributed by atoms with Gasteiger partial charge in [-0.3, -0.25) is 4.99 Å². The number of nitrogens with zero attached hydrogens (tertiary/aromatic N) is 2. The van der Waals surface area contributed by atoms with Gasteiger partial charge in [0.05, 0.1) is 13.2 Å². The minimum absolute atomic E-state index is 0.593. The van der Waals surface area contributed by atoms with E-state index in [1.807, 2.05) is 0 Å². The number of hydrogen-bond acceptors (Lipinski definition) is 4. The molecule has 3 rings (SSSR count). The van der Waals surface area contributed by atoms with Crippen LogP contribution in [0.5, 0.6) is 0 Å². The Kier molecular flexibility index (Phi) is 10.5. The summed E-state index contributed by atoms with van der Waals surface area (Å²) in [5.41, 5.74) is 1.43. The Hall–Kier alpha value is -1.63. The van der Waals surface area contributed by atoms with Crippen LogP contribution in [0, 0.1) is 11.8 Å². The maximum absolute atomic E-state index is 5.78. The quantitative estimate of drug-likeness (QED) is 0.312. The summed E-state index contributed by atoms with van der Waals surface area (Å²) in [5, 5.41) is 6.82. The molecule has 0 bridgehead atoms. The van der Waals surface area contributed by atoms with Crippen LogP contribution in [0.4, 0.5) is 0 Å². The van der Waals surface area contributed by atoms with Crippen molar-refractivity contribution >= 4 is 5.96 Å². The van der Waals surface area contributed by atoms with Crippen LogP contribution in [-0.4, -0.2) is 76.6 Å². The highest BCUT2D eigenvalue weighted by atomic mass is 16.5. The lowest BCUT2D eigenvalue weighted by molar-refractivity contribution is 0.0888. The number of aliphatic imine (C=N–C) groups is 1. The first kappa shape index (κ1) is 23.0. The van der Waals surface area contributed by atoms with Gasteiger partial charge in [-0.2, -0.15) is 0 Å². The molecule has 0 aliphatic carbocycles. The van der Waals surface area contributed by atoms with Gasteiger partial charge >= 0.3 is 0 Å². The molecule has 0 saturated carbocycles. The molecule has 2 N–H and O–H groups in total. The van der Waals surface area contributed by atoms with Crippen molar-refractivity contribution in [2.45, 2.75) is 32.6 Å². The lowest BCUT2D eigenvalue weighted by atomic mass is 10.1. The molecule has 2 aliphatic rings. The molecule has 2 aliphatic heterocycles. The summed E-state index contributed by atoms with van der Waals surface area (Å²) >= 11 is 0. The van der Waals surface area contributed by atoms with E-state index in [9.17, 15) is 0 Å². The van der Waals surface area contributed by atoms with Crippen LogP contribution >= 0.6 is 0 Å².